The zero-order chi connectivity index (χ0) is 18.1. The van der Waals surface area contributed by atoms with Crippen LogP contribution >= 0.6 is 24.0 Å². The number of unbranched alkanes of at least 4 members (excludes halogenated alkanes) is 1. The van der Waals surface area contributed by atoms with Crippen molar-refractivity contribution in [3.63, 3.8) is 0 Å². The molecule has 5 nitrogen and oxygen atoms in total. The van der Waals surface area contributed by atoms with E-state index in [4.69, 9.17) is 0 Å². The first-order chi connectivity index (χ1) is 12.1. The minimum atomic E-state index is -0.196. The van der Waals surface area contributed by atoms with Gasteiger partial charge in [0.05, 0.1) is 0 Å². The van der Waals surface area contributed by atoms with E-state index in [0.29, 0.717) is 24.6 Å². The van der Waals surface area contributed by atoms with E-state index in [2.05, 4.69) is 15.6 Å². The molecule has 0 radical (unpaired) electrons. The number of guanidine groups is 1. The number of aromatic nitrogens is 1. The molecule has 0 fully saturated rings. The number of hydrogen-bond donors (Lipinski definition) is 2. The normalized spacial score (nSPS) is 11.0. The van der Waals surface area contributed by atoms with Gasteiger partial charge in [-0.3, -0.25) is 9.79 Å². The number of aliphatic imine (C=N–C) groups is 1. The van der Waals surface area contributed by atoms with Crippen LogP contribution in [0.1, 0.15) is 24.0 Å². The summed E-state index contributed by atoms with van der Waals surface area (Å²) >= 11 is 0. The summed E-state index contributed by atoms with van der Waals surface area (Å²) in [5, 5.41) is 6.39. The molecule has 1 aromatic carbocycles. The van der Waals surface area contributed by atoms with Gasteiger partial charge in [0.25, 0.3) is 0 Å². The summed E-state index contributed by atoms with van der Waals surface area (Å²) in [5.41, 5.74) is 1.54. The highest BCUT2D eigenvalue weighted by Crippen LogP contribution is 2.08. The van der Waals surface area contributed by atoms with Gasteiger partial charge in [-0.15, -0.1) is 24.0 Å². The summed E-state index contributed by atoms with van der Waals surface area (Å²) in [6, 6.07) is 10.4. The SMILES string of the molecule is CN=C(NCCCCn1ccccc1=O)NCc1ccc(C)c(F)c1.I. The minimum Gasteiger partial charge on any atom is -0.356 e. The number of nitrogens with one attached hydrogen (secondary N) is 2. The second kappa shape index (κ2) is 11.7. The van der Waals surface area contributed by atoms with Gasteiger partial charge in [0.15, 0.2) is 5.96 Å². The number of pyridine rings is 1. The molecule has 1 heterocycles. The van der Waals surface area contributed by atoms with Crippen molar-refractivity contribution < 1.29 is 4.39 Å². The van der Waals surface area contributed by atoms with Gasteiger partial charge in [0.2, 0.25) is 5.56 Å². The van der Waals surface area contributed by atoms with Crippen LogP contribution in [-0.4, -0.2) is 24.1 Å². The Labute approximate surface area is 170 Å². The van der Waals surface area contributed by atoms with E-state index in [0.717, 1.165) is 24.9 Å². The molecular formula is C19H26FIN4O. The summed E-state index contributed by atoms with van der Waals surface area (Å²) in [6.45, 7) is 3.71. The van der Waals surface area contributed by atoms with Gasteiger partial charge >= 0.3 is 0 Å². The van der Waals surface area contributed by atoms with Crippen LogP contribution in [0.25, 0.3) is 0 Å². The van der Waals surface area contributed by atoms with Crippen LogP contribution in [0.4, 0.5) is 4.39 Å². The zero-order valence-electron chi connectivity index (χ0n) is 15.2. The monoisotopic (exact) mass is 472 g/mol. The maximum absolute atomic E-state index is 13.5. The van der Waals surface area contributed by atoms with Crippen molar-refractivity contribution in [3.8, 4) is 0 Å². The highest BCUT2D eigenvalue weighted by Gasteiger charge is 2.02. The molecule has 0 spiro atoms. The molecule has 7 heteroatoms. The van der Waals surface area contributed by atoms with Crippen molar-refractivity contribution in [1.82, 2.24) is 15.2 Å². The molecule has 0 bridgehead atoms. The first kappa shape index (κ1) is 22.1. The maximum atomic E-state index is 13.5. The number of halogens is 2. The van der Waals surface area contributed by atoms with Gasteiger partial charge in [-0.1, -0.05) is 18.2 Å². The van der Waals surface area contributed by atoms with E-state index >= 15 is 0 Å². The molecule has 0 saturated carbocycles. The molecule has 0 aliphatic carbocycles. The molecule has 2 rings (SSSR count). The Kier molecular flexibility index (Phi) is 9.93. The molecule has 2 aromatic rings. The smallest absolute Gasteiger partial charge is 0.250 e. The fraction of sp³-hybridized carbons (Fsp3) is 0.368. The predicted molar refractivity (Wildman–Crippen MR) is 115 cm³/mol. The molecule has 0 atom stereocenters. The van der Waals surface area contributed by atoms with Gasteiger partial charge in [0, 0.05) is 38.9 Å². The lowest BCUT2D eigenvalue weighted by atomic mass is 10.1. The molecule has 0 unspecified atom stereocenters. The average Bonchev–Trinajstić information content (AvgIpc) is 2.61. The maximum Gasteiger partial charge on any atom is 0.250 e. The molecule has 0 aliphatic rings. The standard InChI is InChI=1S/C19H25FN4O.HI/c1-15-8-9-16(13-17(15)20)14-23-19(21-2)22-10-4-6-12-24-11-5-3-7-18(24)25;/h3,5,7-9,11,13H,4,6,10,12,14H2,1-2H3,(H2,21,22,23);1H. The van der Waals surface area contributed by atoms with E-state index < -0.39 is 0 Å². The number of aryl methyl sites for hydroxylation is 2. The Morgan fingerprint density at radius 1 is 1.19 bits per heavy atom. The van der Waals surface area contributed by atoms with Crippen molar-refractivity contribution in [1.29, 1.82) is 0 Å². The summed E-state index contributed by atoms with van der Waals surface area (Å²) in [7, 11) is 1.70. The van der Waals surface area contributed by atoms with Crippen molar-refractivity contribution in [2.24, 2.45) is 4.99 Å². The first-order valence-corrected chi connectivity index (χ1v) is 8.45. The number of hydrogen-bond acceptors (Lipinski definition) is 2. The van der Waals surface area contributed by atoms with E-state index in [1.807, 2.05) is 12.1 Å². The summed E-state index contributed by atoms with van der Waals surface area (Å²) in [4.78, 5) is 15.8. The van der Waals surface area contributed by atoms with Crippen LogP contribution in [-0.2, 0) is 13.1 Å². The molecule has 26 heavy (non-hydrogen) atoms. The van der Waals surface area contributed by atoms with E-state index in [1.54, 1.807) is 42.9 Å². The van der Waals surface area contributed by atoms with Crippen LogP contribution in [0.15, 0.2) is 52.4 Å². The Hall–Kier alpha value is -1.90. The lowest BCUT2D eigenvalue weighted by Crippen LogP contribution is -2.37. The summed E-state index contributed by atoms with van der Waals surface area (Å²) in [5.74, 6) is 0.483. The third kappa shape index (κ3) is 7.15. The molecule has 142 valence electrons. The van der Waals surface area contributed by atoms with E-state index in [-0.39, 0.29) is 35.4 Å². The fourth-order valence-electron chi connectivity index (χ4n) is 2.41. The summed E-state index contributed by atoms with van der Waals surface area (Å²) in [6.07, 6.45) is 3.62. The van der Waals surface area contributed by atoms with Crippen LogP contribution in [0.2, 0.25) is 0 Å². The molecular weight excluding hydrogens is 446 g/mol. The highest BCUT2D eigenvalue weighted by molar-refractivity contribution is 14.0. The van der Waals surface area contributed by atoms with Crippen LogP contribution in [0.3, 0.4) is 0 Å². The van der Waals surface area contributed by atoms with Gasteiger partial charge in [-0.25, -0.2) is 4.39 Å². The largest absolute Gasteiger partial charge is 0.356 e. The Morgan fingerprint density at radius 2 is 2.00 bits per heavy atom. The second-order valence-corrected chi connectivity index (χ2v) is 5.88. The van der Waals surface area contributed by atoms with Crippen LogP contribution in [0.5, 0.6) is 0 Å². The molecule has 0 amide bonds. The average molecular weight is 472 g/mol. The third-order valence-electron chi connectivity index (χ3n) is 3.94. The first-order valence-electron chi connectivity index (χ1n) is 8.45. The van der Waals surface area contributed by atoms with Crippen molar-refractivity contribution in [2.75, 3.05) is 13.6 Å². The fourth-order valence-corrected chi connectivity index (χ4v) is 2.41. The predicted octanol–water partition coefficient (Wildman–Crippen LogP) is 3.06. The second-order valence-electron chi connectivity index (χ2n) is 5.88. The lowest BCUT2D eigenvalue weighted by Gasteiger charge is -2.12. The van der Waals surface area contributed by atoms with Crippen molar-refractivity contribution >= 4 is 29.9 Å². The minimum absolute atomic E-state index is 0. The van der Waals surface area contributed by atoms with Crippen molar-refractivity contribution in [3.05, 3.63) is 69.9 Å². The van der Waals surface area contributed by atoms with Crippen LogP contribution in [0, 0.1) is 12.7 Å². The Morgan fingerprint density at radius 3 is 2.69 bits per heavy atom. The van der Waals surface area contributed by atoms with E-state index in [9.17, 15) is 9.18 Å². The molecule has 2 N–H and O–H groups in total. The number of nitrogens with zero attached hydrogens (tertiary/aromatic N) is 2. The molecule has 0 saturated heterocycles. The quantitative estimate of drug-likeness (QED) is 0.282. The molecule has 1 aromatic heterocycles. The molecule has 0 aliphatic heterocycles. The Balaban J connectivity index is 0.00000338. The summed E-state index contributed by atoms with van der Waals surface area (Å²) < 4.78 is 15.3. The van der Waals surface area contributed by atoms with Crippen LogP contribution < -0.4 is 16.2 Å². The number of rotatable bonds is 7. The third-order valence-corrected chi connectivity index (χ3v) is 3.94. The van der Waals surface area contributed by atoms with Gasteiger partial charge in [-0.2, -0.15) is 0 Å². The van der Waals surface area contributed by atoms with Crippen molar-refractivity contribution in [2.45, 2.75) is 32.9 Å². The lowest BCUT2D eigenvalue weighted by molar-refractivity contribution is 0.585. The van der Waals surface area contributed by atoms with E-state index in [1.165, 1.54) is 6.07 Å². The van der Waals surface area contributed by atoms with Gasteiger partial charge in [0.1, 0.15) is 5.82 Å². The number of benzene rings is 1. The topological polar surface area (TPSA) is 58.4 Å². The van der Waals surface area contributed by atoms with Gasteiger partial charge < -0.3 is 15.2 Å². The van der Waals surface area contributed by atoms with Gasteiger partial charge in [-0.05, 0) is 43.0 Å². The highest BCUT2D eigenvalue weighted by atomic mass is 127. The zero-order valence-corrected chi connectivity index (χ0v) is 17.5. The Bertz CT molecular complexity index is 776.